The van der Waals surface area contributed by atoms with Gasteiger partial charge < -0.3 is 20.5 Å². The van der Waals surface area contributed by atoms with Gasteiger partial charge in [0.25, 0.3) is 0 Å². The number of hydrogen-bond donors (Lipinski definition) is 3. The van der Waals surface area contributed by atoms with Gasteiger partial charge in [-0.2, -0.15) is 0 Å². The Morgan fingerprint density at radius 3 is 2.18 bits per heavy atom. The number of amides is 2. The van der Waals surface area contributed by atoms with Crippen LogP contribution in [0, 0.1) is 56.7 Å². The summed E-state index contributed by atoms with van der Waals surface area (Å²) in [4.78, 5) is 37.4. The van der Waals surface area contributed by atoms with Crippen LogP contribution in [0.1, 0.15) is 126 Å². The van der Waals surface area contributed by atoms with E-state index < -0.39 is 17.4 Å². The Hall–Kier alpha value is -2.05. The number of carbonyl (C=O) groups excluding carboxylic acids is 2. The van der Waals surface area contributed by atoms with Crippen LogP contribution in [-0.4, -0.2) is 41.8 Å². The van der Waals surface area contributed by atoms with E-state index in [1.807, 2.05) is 0 Å². The van der Waals surface area contributed by atoms with Crippen LogP contribution in [0.2, 0.25) is 0 Å². The van der Waals surface area contributed by atoms with E-state index in [9.17, 15) is 19.5 Å². The third kappa shape index (κ3) is 4.75. The minimum absolute atomic E-state index is 0.0555. The quantitative estimate of drug-likeness (QED) is 0.210. The maximum atomic E-state index is 13.0. The molecule has 2 amide bonds. The van der Waals surface area contributed by atoms with Gasteiger partial charge in [0.2, 0.25) is 0 Å². The number of ether oxygens (including phenoxy) is 1. The Morgan fingerprint density at radius 1 is 0.886 bits per heavy atom. The maximum Gasteiger partial charge on any atom is 0.314 e. The molecule has 7 heteroatoms. The van der Waals surface area contributed by atoms with E-state index >= 15 is 0 Å². The van der Waals surface area contributed by atoms with Gasteiger partial charge >= 0.3 is 18.0 Å². The molecule has 5 saturated carbocycles. The van der Waals surface area contributed by atoms with Crippen molar-refractivity contribution in [3.05, 3.63) is 12.2 Å². The topological polar surface area (TPSA) is 105 Å². The number of carboxylic acids is 1. The summed E-state index contributed by atoms with van der Waals surface area (Å²) in [6.07, 6.45) is 10.5. The number of urea groups is 1. The van der Waals surface area contributed by atoms with E-state index in [2.05, 4.69) is 58.8 Å². The molecule has 0 aromatic rings. The minimum atomic E-state index is -1.14. The zero-order valence-corrected chi connectivity index (χ0v) is 29.0. The molecule has 5 aliphatic rings. The zero-order chi connectivity index (χ0) is 32.7. The lowest BCUT2D eigenvalue weighted by molar-refractivity contribution is -0.246. The average molecular weight is 613 g/mol. The number of carbonyl (C=O) groups is 3. The van der Waals surface area contributed by atoms with Crippen LogP contribution in [0.3, 0.4) is 0 Å². The molecule has 44 heavy (non-hydrogen) atoms. The van der Waals surface area contributed by atoms with Crippen LogP contribution in [-0.2, 0) is 14.3 Å². The molecule has 248 valence electrons. The monoisotopic (exact) mass is 612 g/mol. The molecule has 5 aliphatic carbocycles. The normalized spacial score (nSPS) is 44.2. The Morgan fingerprint density at radius 2 is 1.57 bits per heavy atom. The van der Waals surface area contributed by atoms with Gasteiger partial charge in [-0.25, -0.2) is 4.79 Å². The lowest BCUT2D eigenvalue weighted by atomic mass is 9.32. The summed E-state index contributed by atoms with van der Waals surface area (Å²) in [5.74, 6) is 1.05. The first kappa shape index (κ1) is 33.3. The summed E-state index contributed by atoms with van der Waals surface area (Å²) in [5, 5.41) is 15.9. The predicted octanol–water partition coefficient (Wildman–Crippen LogP) is 7.74. The molecule has 0 aromatic heterocycles. The number of carboxylic acid groups (broad SMARTS) is 1. The second-order valence-corrected chi connectivity index (χ2v) is 17.8. The third-order valence-corrected chi connectivity index (χ3v) is 15.0. The molecule has 5 fully saturated rings. The fraction of sp³-hybridized carbons (Fsp3) is 0.865. The van der Waals surface area contributed by atoms with Crippen LogP contribution in [0.5, 0.6) is 0 Å². The average Bonchev–Trinajstić information content (AvgIpc) is 3.30. The summed E-state index contributed by atoms with van der Waals surface area (Å²) in [7, 11) is 1.72. The molecular weight excluding hydrogens is 552 g/mol. The van der Waals surface area contributed by atoms with Gasteiger partial charge in [-0.1, -0.05) is 46.8 Å². The zero-order valence-electron chi connectivity index (χ0n) is 29.0. The first-order valence-electron chi connectivity index (χ1n) is 17.4. The van der Waals surface area contributed by atoms with Gasteiger partial charge in [-0.3, -0.25) is 9.59 Å². The molecule has 0 saturated heterocycles. The summed E-state index contributed by atoms with van der Waals surface area (Å²) in [6, 6.07) is -0.0555. The van der Waals surface area contributed by atoms with Crippen molar-refractivity contribution in [1.29, 1.82) is 0 Å². The smallest absolute Gasteiger partial charge is 0.314 e. The fourth-order valence-electron chi connectivity index (χ4n) is 12.5. The molecule has 7 nitrogen and oxygen atoms in total. The molecule has 10 atom stereocenters. The van der Waals surface area contributed by atoms with E-state index in [-0.39, 0.29) is 45.8 Å². The molecular formula is C37H60N2O5. The summed E-state index contributed by atoms with van der Waals surface area (Å²) in [5.41, 5.74) is 0.295. The van der Waals surface area contributed by atoms with Crippen LogP contribution in [0.15, 0.2) is 12.2 Å². The van der Waals surface area contributed by atoms with Crippen LogP contribution >= 0.6 is 0 Å². The number of hydrogen-bond acceptors (Lipinski definition) is 4. The molecule has 0 aromatic carbocycles. The fourth-order valence-corrected chi connectivity index (χ4v) is 12.5. The van der Waals surface area contributed by atoms with Gasteiger partial charge in [0.15, 0.2) is 0 Å². The highest BCUT2D eigenvalue weighted by atomic mass is 16.5. The lowest BCUT2D eigenvalue weighted by Gasteiger charge is -2.73. The van der Waals surface area contributed by atoms with Crippen molar-refractivity contribution in [2.24, 2.45) is 56.7 Å². The first-order chi connectivity index (χ1) is 20.3. The van der Waals surface area contributed by atoms with Crippen molar-refractivity contribution in [3.63, 3.8) is 0 Å². The van der Waals surface area contributed by atoms with E-state index in [1.54, 1.807) is 20.9 Å². The second-order valence-electron chi connectivity index (χ2n) is 17.8. The van der Waals surface area contributed by atoms with Crippen molar-refractivity contribution < 1.29 is 24.2 Å². The Bertz CT molecular complexity index is 1210. The number of esters is 1. The first-order valence-corrected chi connectivity index (χ1v) is 17.4. The summed E-state index contributed by atoms with van der Waals surface area (Å²) in [6.45, 7) is 22.2. The van der Waals surface area contributed by atoms with Crippen molar-refractivity contribution in [2.45, 2.75) is 138 Å². The molecule has 0 bridgehead atoms. The van der Waals surface area contributed by atoms with E-state index in [4.69, 9.17) is 4.74 Å². The van der Waals surface area contributed by atoms with Gasteiger partial charge in [-0.05, 0) is 131 Å². The van der Waals surface area contributed by atoms with Crippen LogP contribution in [0.25, 0.3) is 0 Å². The third-order valence-electron chi connectivity index (χ3n) is 15.0. The Labute approximate surface area is 266 Å². The van der Waals surface area contributed by atoms with Gasteiger partial charge in [0, 0.05) is 18.0 Å². The standard InChI is InChI=1S/C37H60N2O5/c1-22(2)23-13-18-37(39-31(43)38-10)20-19-35(8)24(29(23)37)11-12-26-34(7)16-15-27(44-28(40)21-32(3,4)30(41)42)33(5,6)25(34)14-17-36(26,35)9/h23-27,29H,1,11-21H2,2-10H3,(H,41,42)(H2,38,39,43)/t23-,24+,25-,26+,27-,29+,34-,35+,36+,37-/m0/s1. The van der Waals surface area contributed by atoms with Gasteiger partial charge in [0.1, 0.15) is 6.10 Å². The van der Waals surface area contributed by atoms with Crippen LogP contribution in [0.4, 0.5) is 4.79 Å². The van der Waals surface area contributed by atoms with Gasteiger partial charge in [-0.15, -0.1) is 0 Å². The van der Waals surface area contributed by atoms with Gasteiger partial charge in [0.05, 0.1) is 11.8 Å². The summed E-state index contributed by atoms with van der Waals surface area (Å²) >= 11 is 0. The number of fused-ring (bicyclic) bond motifs is 7. The molecule has 0 spiro atoms. The van der Waals surface area contributed by atoms with E-state index in [0.717, 1.165) is 44.9 Å². The Kier molecular flexibility index (Phi) is 8.14. The Balaban J connectivity index is 1.42. The molecule has 0 radical (unpaired) electrons. The predicted molar refractivity (Wildman–Crippen MR) is 173 cm³/mol. The minimum Gasteiger partial charge on any atom is -0.481 e. The molecule has 0 heterocycles. The van der Waals surface area contributed by atoms with Crippen molar-refractivity contribution >= 4 is 18.0 Å². The highest BCUT2D eigenvalue weighted by Gasteiger charge is 2.71. The maximum absolute atomic E-state index is 13.0. The van der Waals surface area contributed by atoms with E-state index in [1.165, 1.54) is 24.8 Å². The van der Waals surface area contributed by atoms with Crippen molar-refractivity contribution in [2.75, 3.05) is 7.05 Å². The number of allylic oxidation sites excluding steroid dienone is 1. The molecule has 5 rings (SSSR count). The second kappa shape index (κ2) is 10.8. The number of rotatable bonds is 6. The SMILES string of the molecule is C=C(C)[C@@H]1CC[C@]2(NC(=O)NC)CC[C@]3(C)[C@H](CC[C@@H]4[C@@]5(C)CC[C@H](OC(=O)CC(C)(C)C(=O)O)C(C)(C)[C@@H]5CC[C@]43C)[C@@H]12. The lowest BCUT2D eigenvalue weighted by Crippen LogP contribution is -2.69. The van der Waals surface area contributed by atoms with Crippen molar-refractivity contribution in [3.8, 4) is 0 Å². The largest absolute Gasteiger partial charge is 0.481 e. The highest BCUT2D eigenvalue weighted by Crippen LogP contribution is 2.76. The molecule has 3 N–H and O–H groups in total. The number of aliphatic carboxylic acids is 1. The van der Waals surface area contributed by atoms with E-state index in [0.29, 0.717) is 29.6 Å². The van der Waals surface area contributed by atoms with Crippen LogP contribution < -0.4 is 10.6 Å². The highest BCUT2D eigenvalue weighted by molar-refractivity contribution is 5.81. The van der Waals surface area contributed by atoms with Crippen molar-refractivity contribution in [1.82, 2.24) is 10.6 Å². The molecule has 0 aliphatic heterocycles. The number of nitrogens with one attached hydrogen (secondary N) is 2. The summed E-state index contributed by atoms with van der Waals surface area (Å²) < 4.78 is 6.14. The molecule has 0 unspecified atom stereocenters.